The molecule has 2 unspecified atom stereocenters. The van der Waals surface area contributed by atoms with Crippen molar-refractivity contribution < 1.29 is 46.6 Å². The zero-order valence-electron chi connectivity index (χ0n) is 29.1. The van der Waals surface area contributed by atoms with E-state index in [0.717, 1.165) is 0 Å². The number of fused-ring (bicyclic) bond motifs is 1. The first-order chi connectivity index (χ1) is 21.0. The van der Waals surface area contributed by atoms with Crippen LogP contribution in [0.5, 0.6) is 0 Å². The SMILES string of the molecule is COC(=O)C(C(C)C)C(C)(C)CC(C)(C)C(C)(C(=O)OCCOC(=O)CCCC(=O)N1C(=O)c2ccccc2S1(=O)=O)C(C)(C)C. The first kappa shape index (κ1) is 38.9. The summed E-state index contributed by atoms with van der Waals surface area (Å²) in [6.45, 7) is 19.3. The average molecular weight is 666 g/mol. The van der Waals surface area contributed by atoms with Crippen LogP contribution in [-0.2, 0) is 43.4 Å². The number of carbonyl (C=O) groups excluding carboxylic acids is 5. The molecule has 0 saturated carbocycles. The van der Waals surface area contributed by atoms with Crippen LogP contribution in [0.1, 0.15) is 105 Å². The van der Waals surface area contributed by atoms with Gasteiger partial charge in [-0.2, -0.15) is 4.31 Å². The second-order valence-corrected chi connectivity index (χ2v) is 16.6. The third kappa shape index (κ3) is 7.81. The molecule has 0 N–H and O–H groups in total. The lowest BCUT2D eigenvalue weighted by Gasteiger charge is -2.53. The summed E-state index contributed by atoms with van der Waals surface area (Å²) in [5.41, 5.74) is -2.77. The highest BCUT2D eigenvalue weighted by atomic mass is 32.2. The fourth-order valence-electron chi connectivity index (χ4n) is 7.07. The number of ether oxygens (including phenoxy) is 3. The zero-order valence-corrected chi connectivity index (χ0v) is 30.0. The van der Waals surface area contributed by atoms with E-state index in [2.05, 4.69) is 0 Å². The Balaban J connectivity index is 1.97. The highest BCUT2D eigenvalue weighted by Gasteiger charge is 2.58. The van der Waals surface area contributed by atoms with E-state index in [1.165, 1.54) is 31.4 Å². The van der Waals surface area contributed by atoms with E-state index in [9.17, 15) is 32.4 Å². The molecule has 0 radical (unpaired) electrons. The molecule has 1 aromatic rings. The van der Waals surface area contributed by atoms with E-state index in [1.54, 1.807) is 0 Å². The molecule has 12 heteroatoms. The first-order valence-electron chi connectivity index (χ1n) is 15.6. The van der Waals surface area contributed by atoms with Crippen LogP contribution in [0.15, 0.2) is 29.2 Å². The minimum atomic E-state index is -4.28. The Hall–Kier alpha value is -3.28. The maximum atomic E-state index is 13.7. The van der Waals surface area contributed by atoms with Gasteiger partial charge in [0.25, 0.3) is 15.9 Å². The third-order valence-electron chi connectivity index (χ3n) is 9.52. The Morgan fingerprint density at radius 3 is 1.96 bits per heavy atom. The Kier molecular flexibility index (Phi) is 12.0. The van der Waals surface area contributed by atoms with Gasteiger partial charge in [-0.25, -0.2) is 8.42 Å². The number of rotatable bonds is 14. The molecule has 1 aliphatic rings. The molecule has 2 rings (SSSR count). The summed E-state index contributed by atoms with van der Waals surface area (Å²) >= 11 is 0. The zero-order chi connectivity index (χ0) is 35.5. The minimum absolute atomic E-state index is 0.0202. The van der Waals surface area contributed by atoms with Gasteiger partial charge in [0.05, 0.1) is 24.0 Å². The van der Waals surface area contributed by atoms with Crippen LogP contribution >= 0.6 is 0 Å². The molecule has 46 heavy (non-hydrogen) atoms. The Bertz CT molecular complexity index is 1440. The van der Waals surface area contributed by atoms with Crippen LogP contribution in [0.25, 0.3) is 0 Å². The number of methoxy groups -OCH3 is 1. The molecule has 0 aliphatic carbocycles. The van der Waals surface area contributed by atoms with Crippen LogP contribution in [-0.4, -0.2) is 62.8 Å². The lowest BCUT2D eigenvalue weighted by Crippen LogP contribution is -2.54. The number of nitrogens with zero attached hydrogens (tertiary/aromatic N) is 1. The Morgan fingerprint density at radius 1 is 0.870 bits per heavy atom. The van der Waals surface area contributed by atoms with Gasteiger partial charge in [-0.05, 0) is 54.1 Å². The molecule has 1 aliphatic heterocycles. The predicted octanol–water partition coefficient (Wildman–Crippen LogP) is 5.55. The topological polar surface area (TPSA) is 150 Å². The number of sulfonamides is 1. The van der Waals surface area contributed by atoms with Crippen molar-refractivity contribution in [3.8, 4) is 0 Å². The van der Waals surface area contributed by atoms with Crippen LogP contribution in [0.4, 0.5) is 0 Å². The fourth-order valence-corrected chi connectivity index (χ4v) is 8.62. The number of imide groups is 1. The largest absolute Gasteiger partial charge is 0.469 e. The molecular weight excluding hydrogens is 614 g/mol. The van der Waals surface area contributed by atoms with Crippen molar-refractivity contribution in [2.24, 2.45) is 33.5 Å². The van der Waals surface area contributed by atoms with Crippen LogP contribution in [0.2, 0.25) is 0 Å². The first-order valence-corrected chi connectivity index (χ1v) is 17.0. The number of hydrogen-bond acceptors (Lipinski definition) is 10. The van der Waals surface area contributed by atoms with Crippen LogP contribution < -0.4 is 0 Å². The highest BCUT2D eigenvalue weighted by molar-refractivity contribution is 7.90. The lowest BCUT2D eigenvalue weighted by atomic mass is 9.50. The van der Waals surface area contributed by atoms with Gasteiger partial charge in [-0.3, -0.25) is 24.0 Å². The lowest BCUT2D eigenvalue weighted by molar-refractivity contribution is -0.180. The molecule has 0 aromatic heterocycles. The molecule has 1 aromatic carbocycles. The quantitative estimate of drug-likeness (QED) is 0.140. The van der Waals surface area contributed by atoms with Crippen molar-refractivity contribution in [3.63, 3.8) is 0 Å². The summed E-state index contributed by atoms with van der Waals surface area (Å²) in [5, 5.41) is 0. The van der Waals surface area contributed by atoms with Crippen molar-refractivity contribution in [3.05, 3.63) is 29.8 Å². The summed E-state index contributed by atoms with van der Waals surface area (Å²) < 4.78 is 41.5. The molecule has 0 bridgehead atoms. The van der Waals surface area contributed by atoms with Crippen molar-refractivity contribution in [1.82, 2.24) is 4.31 Å². The maximum Gasteiger partial charge on any atom is 0.312 e. The summed E-state index contributed by atoms with van der Waals surface area (Å²) in [7, 11) is -2.90. The molecule has 0 saturated heterocycles. The van der Waals surface area contributed by atoms with Gasteiger partial charge in [-0.1, -0.05) is 74.4 Å². The van der Waals surface area contributed by atoms with E-state index < -0.39 is 55.4 Å². The second kappa shape index (κ2) is 14.2. The number of esters is 3. The van der Waals surface area contributed by atoms with E-state index in [-0.39, 0.29) is 65.0 Å². The van der Waals surface area contributed by atoms with Gasteiger partial charge in [0.2, 0.25) is 5.91 Å². The van der Waals surface area contributed by atoms with Gasteiger partial charge < -0.3 is 14.2 Å². The number of hydrogen-bond donors (Lipinski definition) is 0. The van der Waals surface area contributed by atoms with Gasteiger partial charge in [0.1, 0.15) is 18.1 Å². The molecule has 258 valence electrons. The summed E-state index contributed by atoms with van der Waals surface area (Å²) in [6, 6.07) is 5.57. The van der Waals surface area contributed by atoms with Gasteiger partial charge in [0, 0.05) is 12.8 Å². The molecule has 2 atom stereocenters. The fraction of sp³-hybridized carbons (Fsp3) is 0.676. The van der Waals surface area contributed by atoms with Crippen LogP contribution in [0, 0.1) is 33.5 Å². The van der Waals surface area contributed by atoms with Crippen molar-refractivity contribution in [1.29, 1.82) is 0 Å². The standard InChI is InChI=1S/C34H51NO10S/c1-22(2)27(29(39)43-11)32(6,7)21-33(8,9)34(10,31(3,4)5)30(40)45-20-19-44-26(37)18-14-17-25(36)35-28(38)23-15-12-13-16-24(23)46(35,41)42/h12-13,15-16,22,27H,14,17-21H2,1-11H3. The molecular formula is C34H51NO10S. The van der Waals surface area contributed by atoms with E-state index in [1.807, 2.05) is 69.2 Å². The highest BCUT2D eigenvalue weighted by Crippen LogP contribution is 2.58. The van der Waals surface area contributed by atoms with E-state index in [0.29, 0.717) is 6.42 Å². The van der Waals surface area contributed by atoms with E-state index >= 15 is 0 Å². The van der Waals surface area contributed by atoms with E-state index in [4.69, 9.17) is 14.2 Å². The Morgan fingerprint density at radius 2 is 1.43 bits per heavy atom. The van der Waals surface area contributed by atoms with Gasteiger partial charge in [0.15, 0.2) is 0 Å². The number of amides is 2. The normalized spacial score (nSPS) is 16.8. The second-order valence-electron chi connectivity index (χ2n) is 14.8. The average Bonchev–Trinajstić information content (AvgIpc) is 3.13. The number of carbonyl (C=O) groups is 5. The molecule has 11 nitrogen and oxygen atoms in total. The molecule has 0 fully saturated rings. The summed E-state index contributed by atoms with van der Waals surface area (Å²) in [5.74, 6) is -3.62. The smallest absolute Gasteiger partial charge is 0.312 e. The maximum absolute atomic E-state index is 13.7. The van der Waals surface area contributed by atoms with Crippen molar-refractivity contribution in [2.45, 2.75) is 99.8 Å². The molecule has 1 heterocycles. The van der Waals surface area contributed by atoms with Crippen molar-refractivity contribution >= 4 is 39.7 Å². The third-order valence-corrected chi connectivity index (χ3v) is 11.3. The Labute approximate surface area is 273 Å². The number of benzene rings is 1. The predicted molar refractivity (Wildman–Crippen MR) is 171 cm³/mol. The van der Waals surface area contributed by atoms with Gasteiger partial charge in [-0.15, -0.1) is 0 Å². The minimum Gasteiger partial charge on any atom is -0.469 e. The van der Waals surface area contributed by atoms with Gasteiger partial charge >= 0.3 is 17.9 Å². The van der Waals surface area contributed by atoms with Crippen molar-refractivity contribution in [2.75, 3.05) is 20.3 Å². The van der Waals surface area contributed by atoms with Crippen LogP contribution in [0.3, 0.4) is 0 Å². The monoisotopic (exact) mass is 665 g/mol. The molecule has 0 spiro atoms. The summed E-state index contributed by atoms with van der Waals surface area (Å²) in [4.78, 5) is 63.7. The molecule has 2 amide bonds. The summed E-state index contributed by atoms with van der Waals surface area (Å²) in [6.07, 6.45) is -0.0765.